The molecule has 2 aliphatic carbocycles. The lowest BCUT2D eigenvalue weighted by molar-refractivity contribution is -0.127. The molecule has 0 spiro atoms. The molecule has 2 rings (SSSR count). The molecule has 0 amide bonds. The number of hydrogen-bond acceptors (Lipinski definition) is 3. The second-order valence-electron chi connectivity index (χ2n) is 8.51. The van der Waals surface area contributed by atoms with Crippen LogP contribution in [0.25, 0.3) is 0 Å². The molecule has 0 saturated heterocycles. The van der Waals surface area contributed by atoms with Gasteiger partial charge < -0.3 is 5.11 Å². The van der Waals surface area contributed by atoms with Crippen LogP contribution in [0.15, 0.2) is 11.6 Å². The van der Waals surface area contributed by atoms with Crippen LogP contribution in [0.4, 0.5) is 0 Å². The third kappa shape index (κ3) is 4.12. The van der Waals surface area contributed by atoms with E-state index < -0.39 is 6.10 Å². The predicted octanol–water partition coefficient (Wildman–Crippen LogP) is 3.94. The number of Topliss-reactive ketones (excluding diaryl/α,β-unsaturated/α-hetero) is 2. The molecule has 23 heavy (non-hydrogen) atoms. The van der Waals surface area contributed by atoms with E-state index in [-0.39, 0.29) is 29.3 Å². The van der Waals surface area contributed by atoms with Crippen molar-refractivity contribution in [1.29, 1.82) is 0 Å². The Morgan fingerprint density at radius 1 is 1.13 bits per heavy atom. The summed E-state index contributed by atoms with van der Waals surface area (Å²) in [5, 5.41) is 10.2. The second kappa shape index (κ2) is 6.88. The van der Waals surface area contributed by atoms with Gasteiger partial charge in [0.2, 0.25) is 0 Å². The minimum Gasteiger partial charge on any atom is -0.385 e. The van der Waals surface area contributed by atoms with Gasteiger partial charge in [0.15, 0.2) is 5.78 Å². The average molecular weight is 320 g/mol. The van der Waals surface area contributed by atoms with Gasteiger partial charge in [0, 0.05) is 12.3 Å². The number of rotatable bonds is 0. The Labute approximate surface area is 140 Å². The fourth-order valence-electron chi connectivity index (χ4n) is 4.10. The van der Waals surface area contributed by atoms with Crippen LogP contribution in [-0.4, -0.2) is 22.8 Å². The summed E-state index contributed by atoms with van der Waals surface area (Å²) in [6, 6.07) is 0. The zero-order valence-electron chi connectivity index (χ0n) is 15.3. The van der Waals surface area contributed by atoms with Crippen molar-refractivity contribution in [2.24, 2.45) is 29.1 Å². The second-order valence-corrected chi connectivity index (χ2v) is 8.51. The molecule has 5 unspecified atom stereocenters. The van der Waals surface area contributed by atoms with Gasteiger partial charge in [-0.05, 0) is 54.9 Å². The van der Waals surface area contributed by atoms with Gasteiger partial charge in [0.25, 0.3) is 0 Å². The zero-order valence-corrected chi connectivity index (χ0v) is 15.3. The molecule has 0 aliphatic heterocycles. The Morgan fingerprint density at radius 3 is 2.43 bits per heavy atom. The van der Waals surface area contributed by atoms with E-state index in [1.807, 2.05) is 6.92 Å². The largest absolute Gasteiger partial charge is 0.385 e. The van der Waals surface area contributed by atoms with Gasteiger partial charge in [0.05, 0.1) is 0 Å². The first-order valence-electron chi connectivity index (χ1n) is 9.08. The van der Waals surface area contributed by atoms with Gasteiger partial charge in [0.1, 0.15) is 11.9 Å². The summed E-state index contributed by atoms with van der Waals surface area (Å²) in [6.45, 7) is 10.4. The molecule has 1 saturated carbocycles. The normalized spacial score (nSPS) is 39.2. The van der Waals surface area contributed by atoms with Crippen molar-refractivity contribution < 1.29 is 14.7 Å². The van der Waals surface area contributed by atoms with Gasteiger partial charge in [-0.15, -0.1) is 0 Å². The maximum Gasteiger partial charge on any atom is 0.186 e. The van der Waals surface area contributed by atoms with E-state index in [0.29, 0.717) is 29.7 Å². The fraction of sp³-hybridized carbons (Fsp3) is 0.800. The molecule has 0 radical (unpaired) electrons. The number of fused-ring (bicyclic) bond motifs is 1. The van der Waals surface area contributed by atoms with Gasteiger partial charge in [-0.1, -0.05) is 40.2 Å². The van der Waals surface area contributed by atoms with Crippen molar-refractivity contribution in [3.8, 4) is 0 Å². The Balaban J connectivity index is 2.18. The smallest absolute Gasteiger partial charge is 0.186 e. The first kappa shape index (κ1) is 18.4. The molecule has 0 bridgehead atoms. The van der Waals surface area contributed by atoms with E-state index in [4.69, 9.17) is 0 Å². The molecular formula is C20H32O3. The van der Waals surface area contributed by atoms with E-state index in [1.165, 1.54) is 0 Å². The Hall–Kier alpha value is -0.960. The van der Waals surface area contributed by atoms with Crippen LogP contribution >= 0.6 is 0 Å². The highest BCUT2D eigenvalue weighted by Gasteiger charge is 2.55. The quantitative estimate of drug-likeness (QED) is 0.735. The van der Waals surface area contributed by atoms with Crippen LogP contribution in [0.2, 0.25) is 0 Å². The fourth-order valence-corrected chi connectivity index (χ4v) is 4.10. The van der Waals surface area contributed by atoms with Crippen molar-refractivity contribution in [3.05, 3.63) is 11.6 Å². The molecule has 2 aliphatic rings. The van der Waals surface area contributed by atoms with Gasteiger partial charge >= 0.3 is 0 Å². The van der Waals surface area contributed by atoms with Crippen molar-refractivity contribution in [3.63, 3.8) is 0 Å². The van der Waals surface area contributed by atoms with Crippen molar-refractivity contribution in [2.75, 3.05) is 0 Å². The monoisotopic (exact) mass is 320 g/mol. The van der Waals surface area contributed by atoms with Gasteiger partial charge in [-0.3, -0.25) is 9.59 Å². The Bertz CT molecular complexity index is 503. The third-order valence-corrected chi connectivity index (χ3v) is 6.24. The highest BCUT2D eigenvalue weighted by molar-refractivity contribution is 5.98. The lowest BCUT2D eigenvalue weighted by Crippen LogP contribution is -2.27. The highest BCUT2D eigenvalue weighted by atomic mass is 16.3. The topological polar surface area (TPSA) is 54.4 Å². The lowest BCUT2D eigenvalue weighted by atomic mass is 9.89. The predicted molar refractivity (Wildman–Crippen MR) is 92.0 cm³/mol. The SMILES string of the molecule is CC1=CC2C(CCC(C)CCC(=O)C(C)CC(O)C1=O)C2(C)C. The summed E-state index contributed by atoms with van der Waals surface area (Å²) in [7, 11) is 0. The highest BCUT2D eigenvalue weighted by Crippen LogP contribution is 2.61. The summed E-state index contributed by atoms with van der Waals surface area (Å²) < 4.78 is 0. The summed E-state index contributed by atoms with van der Waals surface area (Å²) in [5.74, 6) is 1.32. The van der Waals surface area contributed by atoms with Crippen LogP contribution < -0.4 is 0 Å². The van der Waals surface area contributed by atoms with Crippen LogP contribution in [0, 0.1) is 29.1 Å². The van der Waals surface area contributed by atoms with Crippen LogP contribution in [0.3, 0.4) is 0 Å². The molecule has 0 aromatic rings. The van der Waals surface area contributed by atoms with E-state index in [1.54, 1.807) is 6.92 Å². The number of ketones is 2. The summed E-state index contributed by atoms with van der Waals surface area (Å²) >= 11 is 0. The molecular weight excluding hydrogens is 288 g/mol. The molecule has 0 aromatic carbocycles. The maximum atomic E-state index is 12.4. The number of hydrogen-bond donors (Lipinski definition) is 1. The molecule has 0 heterocycles. The Kier molecular flexibility index (Phi) is 5.50. The number of allylic oxidation sites excluding steroid dienone is 1. The molecule has 3 heteroatoms. The molecule has 3 nitrogen and oxygen atoms in total. The van der Waals surface area contributed by atoms with Crippen LogP contribution in [-0.2, 0) is 9.59 Å². The number of carbonyl (C=O) groups excluding carboxylic acids is 2. The number of carbonyl (C=O) groups is 2. The van der Waals surface area contributed by atoms with Crippen molar-refractivity contribution in [2.45, 2.75) is 72.8 Å². The summed E-state index contributed by atoms with van der Waals surface area (Å²) in [4.78, 5) is 24.6. The summed E-state index contributed by atoms with van der Waals surface area (Å²) in [5.41, 5.74) is 0.901. The van der Waals surface area contributed by atoms with Crippen molar-refractivity contribution in [1.82, 2.24) is 0 Å². The lowest BCUT2D eigenvalue weighted by Gasteiger charge is -2.17. The molecule has 130 valence electrons. The first-order valence-corrected chi connectivity index (χ1v) is 9.08. The molecule has 1 fully saturated rings. The molecule has 0 aromatic heterocycles. The van der Waals surface area contributed by atoms with Gasteiger partial charge in [-0.25, -0.2) is 0 Å². The summed E-state index contributed by atoms with van der Waals surface area (Å²) in [6.07, 6.45) is 5.05. The van der Waals surface area contributed by atoms with E-state index >= 15 is 0 Å². The Morgan fingerprint density at radius 2 is 1.78 bits per heavy atom. The third-order valence-electron chi connectivity index (χ3n) is 6.24. The van der Waals surface area contributed by atoms with Gasteiger partial charge in [-0.2, -0.15) is 0 Å². The minimum absolute atomic E-state index is 0.173. The van der Waals surface area contributed by atoms with E-state index in [9.17, 15) is 14.7 Å². The number of aliphatic hydroxyl groups is 1. The van der Waals surface area contributed by atoms with E-state index in [2.05, 4.69) is 26.8 Å². The minimum atomic E-state index is -1.05. The molecule has 5 atom stereocenters. The standard InChI is InChI=1S/C20H32O3/c1-12-6-8-15-16(20(15,4)5)10-14(3)19(23)18(22)11-13(2)17(21)9-7-12/h10,12-13,15-16,18,22H,6-9,11H2,1-5H3. The molecule has 1 N–H and O–H groups in total. The first-order chi connectivity index (χ1) is 10.6. The zero-order chi connectivity index (χ0) is 17.4. The van der Waals surface area contributed by atoms with Crippen LogP contribution in [0.5, 0.6) is 0 Å². The van der Waals surface area contributed by atoms with Crippen LogP contribution in [0.1, 0.15) is 66.7 Å². The maximum absolute atomic E-state index is 12.4. The van der Waals surface area contributed by atoms with Crippen molar-refractivity contribution >= 4 is 11.6 Å². The number of aliphatic hydroxyl groups excluding tert-OH is 1. The average Bonchev–Trinajstić information content (AvgIpc) is 3.00. The van der Waals surface area contributed by atoms with E-state index in [0.717, 1.165) is 19.3 Å².